The summed E-state index contributed by atoms with van der Waals surface area (Å²) in [6.07, 6.45) is 2.14. The highest BCUT2D eigenvalue weighted by atomic mass is 79.9. The van der Waals surface area contributed by atoms with Gasteiger partial charge in [-0.05, 0) is 66.6 Å². The molecule has 164 valence electrons. The second-order valence-electron chi connectivity index (χ2n) is 6.56. The van der Waals surface area contributed by atoms with Crippen LogP contribution >= 0.6 is 39.1 Å². The highest BCUT2D eigenvalue weighted by molar-refractivity contribution is 9.09. The number of pyridine rings is 1. The maximum absolute atomic E-state index is 13.1. The quantitative estimate of drug-likeness (QED) is 0.227. The smallest absolute Gasteiger partial charge is 0.262 e. The van der Waals surface area contributed by atoms with E-state index in [-0.39, 0.29) is 4.90 Å². The third-order valence-corrected chi connectivity index (χ3v) is 6.67. The van der Waals surface area contributed by atoms with E-state index in [0.717, 1.165) is 5.69 Å². The highest BCUT2D eigenvalue weighted by Crippen LogP contribution is 2.26. The topological polar surface area (TPSA) is 83.1 Å². The first kappa shape index (κ1) is 23.7. The van der Waals surface area contributed by atoms with Crippen LogP contribution in [0.1, 0.15) is 5.56 Å². The Hall–Kier alpha value is -2.00. The number of benzene rings is 2. The Balaban J connectivity index is 1.69. The first-order valence-electron chi connectivity index (χ1n) is 9.44. The minimum absolute atomic E-state index is 0.190. The lowest BCUT2D eigenvalue weighted by atomic mass is 10.2. The molecular formula is C21H21BrCl2N4O2S. The molecule has 0 atom stereocenters. The van der Waals surface area contributed by atoms with Gasteiger partial charge in [-0.25, -0.2) is 13.4 Å². The molecule has 0 aliphatic rings. The monoisotopic (exact) mass is 542 g/mol. The van der Waals surface area contributed by atoms with Crippen LogP contribution in [0.5, 0.6) is 0 Å². The van der Waals surface area contributed by atoms with Crippen molar-refractivity contribution in [2.75, 3.05) is 33.8 Å². The van der Waals surface area contributed by atoms with Crippen LogP contribution in [0.15, 0.2) is 65.7 Å². The number of rotatable bonds is 10. The van der Waals surface area contributed by atoms with Crippen LogP contribution in [-0.4, -0.2) is 31.8 Å². The number of alkyl halides is 1. The van der Waals surface area contributed by atoms with E-state index in [0.29, 0.717) is 52.0 Å². The van der Waals surface area contributed by atoms with E-state index in [9.17, 15) is 8.42 Å². The van der Waals surface area contributed by atoms with Gasteiger partial charge in [0.2, 0.25) is 0 Å². The molecule has 1 aromatic heterocycles. The van der Waals surface area contributed by atoms with E-state index in [1.54, 1.807) is 30.5 Å². The van der Waals surface area contributed by atoms with Crippen molar-refractivity contribution in [1.82, 2.24) is 4.98 Å². The maximum Gasteiger partial charge on any atom is 0.262 e. The van der Waals surface area contributed by atoms with E-state index in [4.69, 9.17) is 23.2 Å². The standard InChI is InChI=1S/C21H21BrCl2N4O2S/c22-10-9-15-14-17(24)5-8-20(15)31(29,30)28-19-2-1-11-26-21(19)27-13-12-25-18-6-3-16(23)4-7-18/h1-8,11,14,25,28H,9-10,12-13H2,(H,26,27). The van der Waals surface area contributed by atoms with E-state index in [2.05, 4.69) is 36.3 Å². The molecule has 0 saturated carbocycles. The third-order valence-electron chi connectivity index (χ3n) is 4.32. The zero-order chi connectivity index (χ0) is 22.3. The Kier molecular flexibility index (Phi) is 8.43. The number of halogens is 3. The fraction of sp³-hybridized carbons (Fsp3) is 0.190. The molecule has 0 bridgehead atoms. The largest absolute Gasteiger partial charge is 0.383 e. The number of nitrogens with zero attached hydrogens (tertiary/aromatic N) is 1. The van der Waals surface area contributed by atoms with Crippen LogP contribution in [0.4, 0.5) is 17.2 Å². The van der Waals surface area contributed by atoms with Crippen LogP contribution in [-0.2, 0) is 16.4 Å². The van der Waals surface area contributed by atoms with Crippen molar-refractivity contribution in [3.63, 3.8) is 0 Å². The molecule has 0 aliphatic heterocycles. The Morgan fingerprint density at radius 3 is 2.39 bits per heavy atom. The summed E-state index contributed by atoms with van der Waals surface area (Å²) in [7, 11) is -3.82. The van der Waals surface area contributed by atoms with Crippen molar-refractivity contribution < 1.29 is 8.42 Å². The molecular weight excluding hydrogens is 523 g/mol. The van der Waals surface area contributed by atoms with Crippen LogP contribution < -0.4 is 15.4 Å². The lowest BCUT2D eigenvalue weighted by Crippen LogP contribution is -2.19. The fourth-order valence-electron chi connectivity index (χ4n) is 2.89. The van der Waals surface area contributed by atoms with Crippen LogP contribution in [0.3, 0.4) is 0 Å². The first-order chi connectivity index (χ1) is 14.9. The van der Waals surface area contributed by atoms with Crippen LogP contribution in [0.2, 0.25) is 10.0 Å². The molecule has 0 spiro atoms. The van der Waals surface area contributed by atoms with E-state index >= 15 is 0 Å². The number of anilines is 3. The maximum atomic E-state index is 13.1. The van der Waals surface area contributed by atoms with Gasteiger partial charge in [-0.15, -0.1) is 0 Å². The average Bonchev–Trinajstić information content (AvgIpc) is 2.73. The number of nitrogens with one attached hydrogen (secondary N) is 3. The summed E-state index contributed by atoms with van der Waals surface area (Å²) in [5.74, 6) is 0.444. The summed E-state index contributed by atoms with van der Waals surface area (Å²) in [6, 6.07) is 15.5. The van der Waals surface area contributed by atoms with Crippen molar-refractivity contribution in [1.29, 1.82) is 0 Å². The SMILES string of the molecule is O=S(=O)(Nc1cccnc1NCCNc1ccc(Cl)cc1)c1ccc(Cl)cc1CCBr. The summed E-state index contributed by atoms with van der Waals surface area (Å²) in [5, 5.41) is 8.21. The molecule has 0 radical (unpaired) electrons. The zero-order valence-electron chi connectivity index (χ0n) is 16.4. The van der Waals surface area contributed by atoms with E-state index < -0.39 is 10.0 Å². The van der Waals surface area contributed by atoms with Gasteiger partial charge in [-0.2, -0.15) is 0 Å². The van der Waals surface area contributed by atoms with E-state index in [1.807, 2.05) is 24.3 Å². The van der Waals surface area contributed by atoms with Gasteiger partial charge in [-0.1, -0.05) is 39.1 Å². The Labute approximate surface area is 200 Å². The molecule has 1 heterocycles. The van der Waals surface area contributed by atoms with Gasteiger partial charge in [0.1, 0.15) is 5.82 Å². The van der Waals surface area contributed by atoms with Gasteiger partial charge >= 0.3 is 0 Å². The molecule has 10 heteroatoms. The van der Waals surface area contributed by atoms with Gasteiger partial charge in [0, 0.05) is 40.3 Å². The molecule has 6 nitrogen and oxygen atoms in total. The third kappa shape index (κ3) is 6.74. The molecule has 3 N–H and O–H groups in total. The molecule has 3 aromatic rings. The van der Waals surface area contributed by atoms with Crippen LogP contribution in [0, 0.1) is 0 Å². The molecule has 0 saturated heterocycles. The summed E-state index contributed by atoms with van der Waals surface area (Å²) in [5.41, 5.74) is 1.95. The van der Waals surface area contributed by atoms with Crippen LogP contribution in [0.25, 0.3) is 0 Å². The Bertz CT molecular complexity index is 1130. The minimum atomic E-state index is -3.82. The second-order valence-corrected chi connectivity index (χ2v) is 9.87. The number of aromatic nitrogens is 1. The molecule has 0 aliphatic carbocycles. The summed E-state index contributed by atoms with van der Waals surface area (Å²) in [4.78, 5) is 4.46. The molecule has 0 unspecified atom stereocenters. The van der Waals surface area contributed by atoms with Gasteiger partial charge < -0.3 is 10.6 Å². The number of hydrogen-bond donors (Lipinski definition) is 3. The highest BCUT2D eigenvalue weighted by Gasteiger charge is 2.20. The van der Waals surface area contributed by atoms with Gasteiger partial charge in [0.15, 0.2) is 0 Å². The predicted octanol–water partition coefficient (Wildman–Crippen LogP) is 5.65. The first-order valence-corrected chi connectivity index (χ1v) is 12.8. The van der Waals surface area contributed by atoms with Gasteiger partial charge in [0.05, 0.1) is 10.6 Å². The van der Waals surface area contributed by atoms with Gasteiger partial charge in [-0.3, -0.25) is 4.72 Å². The fourth-order valence-corrected chi connectivity index (χ4v) is 4.96. The summed E-state index contributed by atoms with van der Waals surface area (Å²) in [6.45, 7) is 1.14. The van der Waals surface area contributed by atoms with Crippen molar-refractivity contribution >= 4 is 66.3 Å². The molecule has 0 amide bonds. The lowest BCUT2D eigenvalue weighted by molar-refractivity contribution is 0.600. The summed E-state index contributed by atoms with van der Waals surface area (Å²) < 4.78 is 28.8. The number of sulfonamides is 1. The van der Waals surface area contributed by atoms with Gasteiger partial charge in [0.25, 0.3) is 10.0 Å². The minimum Gasteiger partial charge on any atom is -0.383 e. The predicted molar refractivity (Wildman–Crippen MR) is 132 cm³/mol. The molecule has 31 heavy (non-hydrogen) atoms. The lowest BCUT2D eigenvalue weighted by Gasteiger charge is -2.15. The van der Waals surface area contributed by atoms with Crippen molar-refractivity contribution in [3.05, 3.63) is 76.4 Å². The molecule has 2 aromatic carbocycles. The molecule has 3 rings (SSSR count). The zero-order valence-corrected chi connectivity index (χ0v) is 20.3. The Morgan fingerprint density at radius 2 is 1.65 bits per heavy atom. The molecule has 0 fully saturated rings. The average molecular weight is 544 g/mol. The normalized spacial score (nSPS) is 11.2. The second kappa shape index (κ2) is 11.0. The van der Waals surface area contributed by atoms with Crippen molar-refractivity contribution in [2.24, 2.45) is 0 Å². The van der Waals surface area contributed by atoms with Crippen molar-refractivity contribution in [3.8, 4) is 0 Å². The summed E-state index contributed by atoms with van der Waals surface area (Å²) >= 11 is 15.3. The van der Waals surface area contributed by atoms with E-state index in [1.165, 1.54) is 6.07 Å². The number of hydrogen-bond acceptors (Lipinski definition) is 5. The number of aryl methyl sites for hydroxylation is 1. The Morgan fingerprint density at radius 1 is 0.935 bits per heavy atom. The van der Waals surface area contributed by atoms with Crippen molar-refractivity contribution in [2.45, 2.75) is 11.3 Å².